The van der Waals surface area contributed by atoms with Crippen molar-refractivity contribution in [2.24, 2.45) is 0 Å². The topological polar surface area (TPSA) is 79.6 Å². The predicted octanol–water partition coefficient (Wildman–Crippen LogP) is 3.94. The van der Waals surface area contributed by atoms with Crippen LogP contribution in [0.15, 0.2) is 60.2 Å². The van der Waals surface area contributed by atoms with E-state index in [0.29, 0.717) is 5.69 Å². The van der Waals surface area contributed by atoms with Crippen LogP contribution in [-0.2, 0) is 10.0 Å². The summed E-state index contributed by atoms with van der Waals surface area (Å²) >= 11 is 1.58. The van der Waals surface area contributed by atoms with Gasteiger partial charge < -0.3 is 0 Å². The molecule has 0 aliphatic heterocycles. The lowest BCUT2D eigenvalue weighted by Gasteiger charge is -2.23. The number of hydrogen-bond acceptors (Lipinski definition) is 6. The first-order valence-corrected chi connectivity index (χ1v) is 10.9. The van der Waals surface area contributed by atoms with Gasteiger partial charge in [-0.25, -0.2) is 17.9 Å². The number of thiophene rings is 1. The Morgan fingerprint density at radius 3 is 2.78 bits per heavy atom. The molecule has 0 radical (unpaired) electrons. The minimum absolute atomic E-state index is 0.544. The minimum atomic E-state index is -3.37. The van der Waals surface area contributed by atoms with Gasteiger partial charge in [-0.1, -0.05) is 6.07 Å². The summed E-state index contributed by atoms with van der Waals surface area (Å²) in [6.07, 6.45) is 4.69. The van der Waals surface area contributed by atoms with Crippen LogP contribution in [0.1, 0.15) is 5.56 Å². The average molecular weight is 400 g/mol. The summed E-state index contributed by atoms with van der Waals surface area (Å²) in [6, 6.07) is 13.3. The van der Waals surface area contributed by atoms with Crippen LogP contribution in [0.3, 0.4) is 0 Å². The van der Waals surface area contributed by atoms with Crippen molar-refractivity contribution in [3.05, 3.63) is 65.8 Å². The van der Waals surface area contributed by atoms with Crippen LogP contribution >= 0.6 is 11.3 Å². The molecule has 0 saturated heterocycles. The molecule has 0 aliphatic rings. The van der Waals surface area contributed by atoms with Crippen LogP contribution in [0, 0.1) is 6.92 Å². The number of nitrogens with zero attached hydrogens (tertiary/aromatic N) is 4. The monoisotopic (exact) mass is 399 g/mol. The molecule has 0 saturated carbocycles. The van der Waals surface area contributed by atoms with Gasteiger partial charge in [-0.2, -0.15) is 5.10 Å². The predicted molar refractivity (Wildman–Crippen MR) is 109 cm³/mol. The lowest BCUT2D eigenvalue weighted by molar-refractivity contribution is 0.607. The van der Waals surface area contributed by atoms with Gasteiger partial charge in [0.15, 0.2) is 5.65 Å². The first-order chi connectivity index (χ1) is 12.9. The number of fused-ring (bicyclic) bond motifs is 1. The van der Waals surface area contributed by atoms with Crippen molar-refractivity contribution in [1.82, 2.24) is 14.6 Å². The van der Waals surface area contributed by atoms with Crippen molar-refractivity contribution >= 4 is 49.2 Å². The van der Waals surface area contributed by atoms with Crippen molar-refractivity contribution in [2.45, 2.75) is 6.92 Å². The van der Waals surface area contributed by atoms with Crippen molar-refractivity contribution < 1.29 is 8.42 Å². The van der Waals surface area contributed by atoms with Gasteiger partial charge in [0.1, 0.15) is 10.8 Å². The molecule has 138 valence electrons. The maximum atomic E-state index is 11.7. The number of sulfonamides is 1. The second-order valence-electron chi connectivity index (χ2n) is 6.08. The second kappa shape index (κ2) is 6.67. The van der Waals surface area contributed by atoms with E-state index in [2.05, 4.69) is 14.8 Å². The van der Waals surface area contributed by atoms with Gasteiger partial charge in [0.05, 0.1) is 23.8 Å². The van der Waals surface area contributed by atoms with E-state index >= 15 is 0 Å². The molecule has 0 bridgehead atoms. The average Bonchev–Trinajstić information content (AvgIpc) is 3.28. The third-order valence-electron chi connectivity index (χ3n) is 3.97. The molecule has 1 aromatic carbocycles. The summed E-state index contributed by atoms with van der Waals surface area (Å²) in [6.45, 7) is 1.86. The van der Waals surface area contributed by atoms with E-state index in [0.717, 1.165) is 34.0 Å². The Morgan fingerprint density at radius 1 is 1.19 bits per heavy atom. The highest BCUT2D eigenvalue weighted by atomic mass is 32.2. The zero-order valence-corrected chi connectivity index (χ0v) is 16.3. The van der Waals surface area contributed by atoms with Crippen LogP contribution in [0.5, 0.6) is 0 Å². The number of benzene rings is 1. The van der Waals surface area contributed by atoms with E-state index in [4.69, 9.17) is 0 Å². The Labute approximate surface area is 161 Å². The molecule has 27 heavy (non-hydrogen) atoms. The molecular formula is C18H17N5O2S2. The standard InChI is InChI=1S/C18H17N5O2S2/c1-13-5-6-14(12-15(13)21-27(2,24)25)23(18-4-3-11-26-18)17-8-10-22-16(20-17)7-9-19-22/h3-12,21H,1-2H3. The number of nitrogens with one attached hydrogen (secondary N) is 1. The largest absolute Gasteiger partial charge is 0.286 e. The molecule has 0 unspecified atom stereocenters. The van der Waals surface area contributed by atoms with Crippen molar-refractivity contribution in [3.8, 4) is 0 Å². The third kappa shape index (κ3) is 3.64. The highest BCUT2D eigenvalue weighted by molar-refractivity contribution is 7.92. The smallest absolute Gasteiger partial charge is 0.229 e. The molecule has 4 aromatic rings. The molecule has 0 aliphatic carbocycles. The summed E-state index contributed by atoms with van der Waals surface area (Å²) in [5.41, 5.74) is 2.93. The van der Waals surface area contributed by atoms with E-state index in [9.17, 15) is 8.42 Å². The Kier molecular flexibility index (Phi) is 4.33. The number of hydrogen-bond donors (Lipinski definition) is 1. The molecule has 0 spiro atoms. The molecule has 7 nitrogen and oxygen atoms in total. The fourth-order valence-corrected chi connectivity index (χ4v) is 4.13. The zero-order valence-electron chi connectivity index (χ0n) is 14.7. The maximum Gasteiger partial charge on any atom is 0.229 e. The third-order valence-corrected chi connectivity index (χ3v) is 5.42. The lowest BCUT2D eigenvalue weighted by atomic mass is 10.1. The van der Waals surface area contributed by atoms with Crippen LogP contribution in [0.2, 0.25) is 0 Å². The van der Waals surface area contributed by atoms with Gasteiger partial charge >= 0.3 is 0 Å². The molecule has 1 N–H and O–H groups in total. The maximum absolute atomic E-state index is 11.7. The first kappa shape index (κ1) is 17.5. The second-order valence-corrected chi connectivity index (χ2v) is 8.75. The molecule has 0 atom stereocenters. The molecule has 4 rings (SSSR count). The van der Waals surface area contributed by atoms with Gasteiger partial charge in [-0.05, 0) is 48.2 Å². The molecule has 3 aromatic heterocycles. The molecule has 0 amide bonds. The van der Waals surface area contributed by atoms with Gasteiger partial charge in [0.25, 0.3) is 0 Å². The number of aryl methyl sites for hydroxylation is 1. The van der Waals surface area contributed by atoms with E-state index in [1.807, 2.05) is 65.9 Å². The summed E-state index contributed by atoms with van der Waals surface area (Å²) < 4.78 is 27.7. The van der Waals surface area contributed by atoms with Crippen LogP contribution in [0.25, 0.3) is 5.65 Å². The van der Waals surface area contributed by atoms with E-state index in [1.165, 1.54) is 0 Å². The van der Waals surface area contributed by atoms with Crippen molar-refractivity contribution in [3.63, 3.8) is 0 Å². The quantitative estimate of drug-likeness (QED) is 0.550. The lowest BCUT2D eigenvalue weighted by Crippen LogP contribution is -2.14. The normalized spacial score (nSPS) is 11.6. The van der Waals surface area contributed by atoms with Crippen LogP contribution in [0.4, 0.5) is 22.2 Å². The highest BCUT2D eigenvalue weighted by Gasteiger charge is 2.17. The van der Waals surface area contributed by atoms with Gasteiger partial charge in [-0.3, -0.25) is 9.62 Å². The molecular weight excluding hydrogens is 382 g/mol. The summed E-state index contributed by atoms with van der Waals surface area (Å²) in [5.74, 6) is 0.722. The zero-order chi connectivity index (χ0) is 19.0. The van der Waals surface area contributed by atoms with Gasteiger partial charge in [-0.15, -0.1) is 11.3 Å². The molecule has 0 fully saturated rings. The van der Waals surface area contributed by atoms with Gasteiger partial charge in [0, 0.05) is 12.3 Å². The van der Waals surface area contributed by atoms with Crippen molar-refractivity contribution in [1.29, 1.82) is 0 Å². The van der Waals surface area contributed by atoms with Crippen LogP contribution < -0.4 is 9.62 Å². The van der Waals surface area contributed by atoms with Crippen LogP contribution in [-0.4, -0.2) is 29.3 Å². The molecule has 3 heterocycles. The fourth-order valence-electron chi connectivity index (χ4n) is 2.76. The number of anilines is 4. The fraction of sp³-hybridized carbons (Fsp3) is 0.111. The van der Waals surface area contributed by atoms with E-state index in [-0.39, 0.29) is 0 Å². The summed E-state index contributed by atoms with van der Waals surface area (Å²) in [7, 11) is -3.37. The first-order valence-electron chi connectivity index (χ1n) is 8.13. The van der Waals surface area contributed by atoms with Gasteiger partial charge in [0.2, 0.25) is 10.0 Å². The highest BCUT2D eigenvalue weighted by Crippen LogP contribution is 2.38. The van der Waals surface area contributed by atoms with E-state index in [1.54, 1.807) is 22.0 Å². The van der Waals surface area contributed by atoms with Crippen molar-refractivity contribution in [2.75, 3.05) is 15.9 Å². The minimum Gasteiger partial charge on any atom is -0.286 e. The van der Waals surface area contributed by atoms with E-state index < -0.39 is 10.0 Å². The number of aromatic nitrogens is 3. The molecule has 9 heteroatoms. The Bertz CT molecular complexity index is 1200. The Hall–Kier alpha value is -2.91. The Balaban J connectivity index is 1.86. The Morgan fingerprint density at radius 2 is 2.04 bits per heavy atom. The number of rotatable bonds is 5. The SMILES string of the molecule is Cc1ccc(N(c2ccn3nccc3n2)c2cccs2)cc1NS(C)(=O)=O. The summed E-state index contributed by atoms with van der Waals surface area (Å²) in [5, 5.41) is 7.14. The summed E-state index contributed by atoms with van der Waals surface area (Å²) in [4.78, 5) is 6.68.